The van der Waals surface area contributed by atoms with Gasteiger partial charge in [0.25, 0.3) is 0 Å². The van der Waals surface area contributed by atoms with E-state index in [1.54, 1.807) is 0 Å². The van der Waals surface area contributed by atoms with E-state index in [0.29, 0.717) is 25.6 Å². The molecule has 0 N–H and O–H groups in total. The molecule has 0 aromatic rings. The molecule has 0 aromatic carbocycles. The predicted octanol–water partition coefficient (Wildman–Crippen LogP) is 2.63. The van der Waals surface area contributed by atoms with Crippen LogP contribution in [0.2, 0.25) is 5.82 Å². The van der Waals surface area contributed by atoms with Crippen LogP contribution < -0.4 is 0 Å². The minimum Gasteiger partial charge on any atom is -0.558 e. The Kier molecular flexibility index (Phi) is 6.65. The molecule has 3 nitrogen and oxygen atoms in total. The molecule has 4 heteroatoms. The summed E-state index contributed by atoms with van der Waals surface area (Å²) in [6.07, 6.45) is 2.95. The second kappa shape index (κ2) is 7.76. The second-order valence-electron chi connectivity index (χ2n) is 4.38. The molecule has 1 aliphatic rings. The normalized spacial score (nSPS) is 20.1. The maximum atomic E-state index is 5.89. The van der Waals surface area contributed by atoms with E-state index in [9.17, 15) is 0 Å². The third kappa shape index (κ3) is 4.03. The Labute approximate surface area is 105 Å². The number of unbranched alkanes of at least 4 members (excludes halogenated alkanes) is 1. The van der Waals surface area contributed by atoms with Crippen molar-refractivity contribution in [2.75, 3.05) is 26.4 Å². The highest BCUT2D eigenvalue weighted by atomic mass is 16.6. The molecule has 1 rings (SSSR count). The van der Waals surface area contributed by atoms with E-state index in [4.69, 9.17) is 14.0 Å². The first kappa shape index (κ1) is 14.6. The quantitative estimate of drug-likeness (QED) is 0.526. The molecule has 1 saturated heterocycles. The Hall–Kier alpha value is -0.495. The van der Waals surface area contributed by atoms with E-state index in [2.05, 4.69) is 18.7 Å². The zero-order valence-corrected chi connectivity index (χ0v) is 11.3. The predicted molar refractivity (Wildman–Crippen MR) is 70.9 cm³/mol. The first-order valence-corrected chi connectivity index (χ1v) is 6.79. The van der Waals surface area contributed by atoms with Crippen molar-refractivity contribution < 1.29 is 14.0 Å². The van der Waals surface area contributed by atoms with Crippen LogP contribution in [0.25, 0.3) is 0 Å². The van der Waals surface area contributed by atoms with E-state index in [0.717, 1.165) is 25.9 Å². The average molecular weight is 239 g/mol. The molecule has 1 fully saturated rings. The summed E-state index contributed by atoms with van der Waals surface area (Å²) in [6.45, 7) is 7.40. The molecule has 0 spiro atoms. The Morgan fingerprint density at radius 3 is 2.41 bits per heavy atom. The van der Waals surface area contributed by atoms with Crippen molar-refractivity contribution in [2.24, 2.45) is 0 Å². The standard InChI is InChI=1S/C13H24BO3/c1-4-7-8-10-14(16-5-2,17-6-3)13-9-11-15-12-13/h13H,4-7,9,11-12H2,1-3H3/q-1. The van der Waals surface area contributed by atoms with Crippen LogP contribution in [-0.2, 0) is 14.0 Å². The van der Waals surface area contributed by atoms with Gasteiger partial charge in [-0.25, -0.2) is 5.82 Å². The minimum absolute atomic E-state index is 0.291. The molecular formula is C13H24BO3-. The third-order valence-electron chi connectivity index (χ3n) is 3.09. The monoisotopic (exact) mass is 239 g/mol. The van der Waals surface area contributed by atoms with E-state index in [-0.39, 0.29) is 0 Å². The molecular weight excluding hydrogens is 215 g/mol. The van der Waals surface area contributed by atoms with Gasteiger partial charge in [-0.1, -0.05) is 19.2 Å². The highest BCUT2D eigenvalue weighted by Gasteiger charge is 2.36. The summed E-state index contributed by atoms with van der Waals surface area (Å²) in [5.41, 5.74) is 0. The van der Waals surface area contributed by atoms with Crippen LogP contribution in [0.1, 0.15) is 40.0 Å². The van der Waals surface area contributed by atoms with Gasteiger partial charge in [-0.3, -0.25) is 0 Å². The van der Waals surface area contributed by atoms with Crippen molar-refractivity contribution in [3.8, 4) is 11.7 Å². The molecule has 1 aliphatic heterocycles. The zero-order valence-electron chi connectivity index (χ0n) is 11.3. The van der Waals surface area contributed by atoms with Gasteiger partial charge in [0.05, 0.1) is 0 Å². The highest BCUT2D eigenvalue weighted by Crippen LogP contribution is 2.31. The van der Waals surface area contributed by atoms with Crippen molar-refractivity contribution >= 4 is 6.55 Å². The lowest BCUT2D eigenvalue weighted by Crippen LogP contribution is -2.46. The minimum atomic E-state index is -1.49. The summed E-state index contributed by atoms with van der Waals surface area (Å²) in [6, 6.07) is 0. The molecule has 0 radical (unpaired) electrons. The molecule has 0 bridgehead atoms. The first-order valence-electron chi connectivity index (χ1n) is 6.79. The molecule has 0 aliphatic carbocycles. The van der Waals surface area contributed by atoms with Gasteiger partial charge in [0.1, 0.15) is 0 Å². The van der Waals surface area contributed by atoms with Crippen molar-refractivity contribution in [1.82, 2.24) is 0 Å². The summed E-state index contributed by atoms with van der Waals surface area (Å²) >= 11 is 0. The van der Waals surface area contributed by atoms with E-state index in [1.807, 2.05) is 13.8 Å². The summed E-state index contributed by atoms with van der Waals surface area (Å²) in [5.74, 6) is 6.75. The maximum Gasteiger partial charge on any atom is 0.319 e. The number of rotatable bonds is 6. The second-order valence-corrected chi connectivity index (χ2v) is 4.38. The molecule has 98 valence electrons. The summed E-state index contributed by atoms with van der Waals surface area (Å²) < 4.78 is 17.2. The summed E-state index contributed by atoms with van der Waals surface area (Å²) in [5, 5.41) is 0. The average Bonchev–Trinajstić information content (AvgIpc) is 2.83. The van der Waals surface area contributed by atoms with Crippen molar-refractivity contribution in [3.63, 3.8) is 0 Å². The van der Waals surface area contributed by atoms with Gasteiger partial charge in [0.15, 0.2) is 0 Å². The van der Waals surface area contributed by atoms with Gasteiger partial charge in [-0.15, -0.1) is 5.92 Å². The van der Waals surface area contributed by atoms with Gasteiger partial charge in [0.2, 0.25) is 0 Å². The summed E-state index contributed by atoms with van der Waals surface area (Å²) in [7, 11) is 0. The number of hydrogen-bond acceptors (Lipinski definition) is 3. The molecule has 0 saturated carbocycles. The smallest absolute Gasteiger partial charge is 0.319 e. The zero-order chi connectivity index (χ0) is 12.6. The van der Waals surface area contributed by atoms with Gasteiger partial charge < -0.3 is 14.0 Å². The fourth-order valence-corrected chi connectivity index (χ4v) is 2.25. The van der Waals surface area contributed by atoms with E-state index < -0.39 is 6.55 Å². The molecule has 0 amide bonds. The van der Waals surface area contributed by atoms with Gasteiger partial charge in [-0.2, -0.15) is 0 Å². The lowest BCUT2D eigenvalue weighted by atomic mass is 9.47. The van der Waals surface area contributed by atoms with E-state index in [1.165, 1.54) is 0 Å². The maximum absolute atomic E-state index is 5.89. The van der Waals surface area contributed by atoms with Crippen LogP contribution in [0.15, 0.2) is 0 Å². The highest BCUT2D eigenvalue weighted by molar-refractivity contribution is 6.77. The Morgan fingerprint density at radius 2 is 1.94 bits per heavy atom. The molecule has 0 aromatic heterocycles. The fourth-order valence-electron chi connectivity index (χ4n) is 2.25. The van der Waals surface area contributed by atoms with Crippen molar-refractivity contribution in [2.45, 2.75) is 45.9 Å². The Bertz CT molecular complexity index is 258. The van der Waals surface area contributed by atoms with Crippen molar-refractivity contribution in [3.05, 3.63) is 0 Å². The topological polar surface area (TPSA) is 27.7 Å². The van der Waals surface area contributed by atoms with Crippen LogP contribution in [0.5, 0.6) is 0 Å². The SMILES string of the molecule is CCCC#C[B-](OCC)(OCC)C1CCOC1. The summed E-state index contributed by atoms with van der Waals surface area (Å²) in [4.78, 5) is 0. The van der Waals surface area contributed by atoms with E-state index >= 15 is 0 Å². The number of hydrogen-bond donors (Lipinski definition) is 0. The van der Waals surface area contributed by atoms with Gasteiger partial charge in [-0.05, 0) is 33.5 Å². The molecule has 1 heterocycles. The Morgan fingerprint density at radius 1 is 1.24 bits per heavy atom. The third-order valence-corrected chi connectivity index (χ3v) is 3.09. The van der Waals surface area contributed by atoms with Crippen molar-refractivity contribution in [1.29, 1.82) is 0 Å². The molecule has 1 atom stereocenters. The lowest BCUT2D eigenvalue weighted by Gasteiger charge is -2.41. The lowest BCUT2D eigenvalue weighted by molar-refractivity contribution is 0.168. The van der Waals surface area contributed by atoms with Crippen LogP contribution in [0.4, 0.5) is 0 Å². The molecule has 1 unspecified atom stereocenters. The number of ether oxygens (including phenoxy) is 1. The Balaban J connectivity index is 2.82. The molecule has 17 heavy (non-hydrogen) atoms. The van der Waals surface area contributed by atoms with Crippen LogP contribution in [0, 0.1) is 11.7 Å². The van der Waals surface area contributed by atoms with Crippen LogP contribution in [0.3, 0.4) is 0 Å². The fraction of sp³-hybridized carbons (Fsp3) is 0.846. The van der Waals surface area contributed by atoms with Crippen LogP contribution in [-0.4, -0.2) is 33.0 Å². The largest absolute Gasteiger partial charge is 0.558 e. The van der Waals surface area contributed by atoms with Gasteiger partial charge >= 0.3 is 6.55 Å². The first-order chi connectivity index (χ1) is 8.29. The van der Waals surface area contributed by atoms with Gasteiger partial charge in [0, 0.05) is 19.6 Å². The van der Waals surface area contributed by atoms with Crippen LogP contribution >= 0.6 is 0 Å².